The minimum Gasteiger partial charge on any atom is -0.461 e. The number of rotatable bonds is 4. The summed E-state index contributed by atoms with van der Waals surface area (Å²) in [5.74, 6) is -0.456. The predicted octanol–water partition coefficient (Wildman–Crippen LogP) is 5.06. The molecule has 0 radical (unpaired) electrons. The molecule has 1 aliphatic rings. The molecule has 1 aromatic heterocycles. The highest BCUT2D eigenvalue weighted by molar-refractivity contribution is 6.31. The maximum atomic E-state index is 12.3. The molecule has 0 spiro atoms. The van der Waals surface area contributed by atoms with Crippen molar-refractivity contribution in [3.05, 3.63) is 64.3 Å². The number of aromatic nitrogens is 1. The zero-order valence-corrected chi connectivity index (χ0v) is 15.7. The van der Waals surface area contributed by atoms with Crippen LogP contribution in [0.1, 0.15) is 28.5 Å². The first-order chi connectivity index (χ1) is 13.2. The van der Waals surface area contributed by atoms with Crippen molar-refractivity contribution in [2.24, 2.45) is 10.3 Å². The summed E-state index contributed by atoms with van der Waals surface area (Å²) >= 11 is 6.13. The highest BCUT2D eigenvalue weighted by Gasteiger charge is 2.20. The lowest BCUT2D eigenvalue weighted by molar-refractivity contribution is 0.0521. The standard InChI is InChI=1S/C20H19ClN4O2/c1-2-27-20(26)19-18(16-11-15(21)7-8-17(16)22-19)23-24-25-10-9-13-5-3-4-6-14(13)12-25/h3-8,11,22H,2,9-10,12H2,1H3. The van der Waals surface area contributed by atoms with E-state index in [0.717, 1.165) is 23.9 Å². The van der Waals surface area contributed by atoms with Gasteiger partial charge in [0.05, 0.1) is 13.2 Å². The third-order valence-electron chi connectivity index (χ3n) is 4.59. The van der Waals surface area contributed by atoms with Gasteiger partial charge in [-0.2, -0.15) is 0 Å². The van der Waals surface area contributed by atoms with Gasteiger partial charge in [-0.1, -0.05) is 41.1 Å². The Kier molecular flexibility index (Phi) is 4.81. The van der Waals surface area contributed by atoms with Crippen molar-refractivity contribution in [1.29, 1.82) is 0 Å². The Hall–Kier alpha value is -2.86. The third-order valence-corrected chi connectivity index (χ3v) is 4.83. The second-order valence-corrected chi connectivity index (χ2v) is 6.79. The van der Waals surface area contributed by atoms with Gasteiger partial charge in [0, 0.05) is 22.5 Å². The summed E-state index contributed by atoms with van der Waals surface area (Å²) in [5.41, 5.74) is 4.09. The Morgan fingerprint density at radius 2 is 2.07 bits per heavy atom. The number of carbonyl (C=O) groups is 1. The fourth-order valence-corrected chi connectivity index (χ4v) is 3.44. The van der Waals surface area contributed by atoms with E-state index >= 15 is 0 Å². The Bertz CT molecular complexity index is 1030. The van der Waals surface area contributed by atoms with E-state index in [1.54, 1.807) is 19.1 Å². The number of hydrogen-bond acceptors (Lipinski definition) is 4. The summed E-state index contributed by atoms with van der Waals surface area (Å²) in [7, 11) is 0. The van der Waals surface area contributed by atoms with Crippen LogP contribution in [0.25, 0.3) is 10.9 Å². The molecule has 0 amide bonds. The fraction of sp³-hybridized carbons (Fsp3) is 0.250. The fourth-order valence-electron chi connectivity index (χ4n) is 3.27. The van der Waals surface area contributed by atoms with Gasteiger partial charge < -0.3 is 9.72 Å². The van der Waals surface area contributed by atoms with Gasteiger partial charge in [-0.05, 0) is 42.7 Å². The zero-order chi connectivity index (χ0) is 18.8. The average Bonchev–Trinajstić information content (AvgIpc) is 3.04. The molecule has 2 aromatic carbocycles. The van der Waals surface area contributed by atoms with Crippen LogP contribution in [-0.2, 0) is 17.7 Å². The van der Waals surface area contributed by atoms with Gasteiger partial charge in [-0.15, -0.1) is 5.11 Å². The summed E-state index contributed by atoms with van der Waals surface area (Å²) < 4.78 is 5.15. The number of H-pyrrole nitrogens is 1. The van der Waals surface area contributed by atoms with E-state index in [4.69, 9.17) is 16.3 Å². The minimum atomic E-state index is -0.456. The van der Waals surface area contributed by atoms with E-state index in [1.807, 2.05) is 17.1 Å². The Balaban J connectivity index is 1.68. The monoisotopic (exact) mass is 382 g/mol. The smallest absolute Gasteiger partial charge is 0.357 e. The quantitative estimate of drug-likeness (QED) is 0.506. The topological polar surface area (TPSA) is 70.0 Å². The van der Waals surface area contributed by atoms with E-state index in [0.29, 0.717) is 17.3 Å². The van der Waals surface area contributed by atoms with Crippen LogP contribution in [0, 0.1) is 0 Å². The van der Waals surface area contributed by atoms with Crippen molar-refractivity contribution in [2.45, 2.75) is 19.9 Å². The highest BCUT2D eigenvalue weighted by Crippen LogP contribution is 2.33. The average molecular weight is 383 g/mol. The van der Waals surface area contributed by atoms with Gasteiger partial charge in [0.2, 0.25) is 0 Å². The molecule has 0 unspecified atom stereocenters. The first-order valence-electron chi connectivity index (χ1n) is 8.87. The van der Waals surface area contributed by atoms with E-state index in [9.17, 15) is 4.79 Å². The Labute approximate surface area is 161 Å². The lowest BCUT2D eigenvalue weighted by Gasteiger charge is -2.24. The summed E-state index contributed by atoms with van der Waals surface area (Å²) in [4.78, 5) is 15.4. The van der Waals surface area contributed by atoms with E-state index < -0.39 is 5.97 Å². The lowest BCUT2D eigenvalue weighted by Crippen LogP contribution is -2.25. The number of nitrogens with one attached hydrogen (secondary N) is 1. The van der Waals surface area contributed by atoms with Crippen LogP contribution in [0.3, 0.4) is 0 Å². The maximum Gasteiger partial charge on any atom is 0.357 e. The summed E-state index contributed by atoms with van der Waals surface area (Å²) in [6.45, 7) is 3.52. The maximum absolute atomic E-state index is 12.3. The molecule has 1 aliphatic heterocycles. The van der Waals surface area contributed by atoms with Crippen molar-refractivity contribution >= 4 is 34.2 Å². The molecule has 138 valence electrons. The molecule has 1 N–H and O–H groups in total. The van der Waals surface area contributed by atoms with Crippen LogP contribution < -0.4 is 0 Å². The number of hydrogen-bond donors (Lipinski definition) is 1. The van der Waals surface area contributed by atoms with Crippen LogP contribution in [0.5, 0.6) is 0 Å². The van der Waals surface area contributed by atoms with Crippen LogP contribution >= 0.6 is 11.6 Å². The first kappa shape index (κ1) is 17.5. The van der Waals surface area contributed by atoms with Gasteiger partial charge in [0.25, 0.3) is 0 Å². The number of carbonyl (C=O) groups excluding carboxylic acids is 1. The number of esters is 1. The molecular formula is C20H19ClN4O2. The minimum absolute atomic E-state index is 0.286. The number of fused-ring (bicyclic) bond motifs is 2. The number of benzene rings is 2. The van der Waals surface area contributed by atoms with Crippen LogP contribution in [0.15, 0.2) is 52.8 Å². The van der Waals surface area contributed by atoms with E-state index in [1.165, 1.54) is 11.1 Å². The second kappa shape index (κ2) is 7.40. The Morgan fingerprint density at radius 1 is 1.26 bits per heavy atom. The van der Waals surface area contributed by atoms with E-state index in [2.05, 4.69) is 33.5 Å². The molecule has 0 aliphatic carbocycles. The van der Waals surface area contributed by atoms with Crippen molar-refractivity contribution in [3.63, 3.8) is 0 Å². The zero-order valence-electron chi connectivity index (χ0n) is 14.9. The van der Waals surface area contributed by atoms with Crippen molar-refractivity contribution < 1.29 is 9.53 Å². The van der Waals surface area contributed by atoms with Gasteiger partial charge in [-0.3, -0.25) is 5.01 Å². The van der Waals surface area contributed by atoms with Gasteiger partial charge in [-0.25, -0.2) is 4.79 Å². The van der Waals surface area contributed by atoms with Crippen LogP contribution in [-0.4, -0.2) is 29.1 Å². The number of aromatic amines is 1. The molecule has 0 fully saturated rings. The molecule has 6 nitrogen and oxygen atoms in total. The molecule has 0 bridgehead atoms. The summed E-state index contributed by atoms with van der Waals surface area (Å²) in [6, 6.07) is 13.7. The molecule has 0 saturated carbocycles. The molecular weight excluding hydrogens is 364 g/mol. The SMILES string of the molecule is CCOC(=O)c1[nH]c2ccc(Cl)cc2c1N=NN1CCc2ccccc2C1. The third kappa shape index (κ3) is 3.53. The molecule has 3 aromatic rings. The first-order valence-corrected chi connectivity index (χ1v) is 9.25. The lowest BCUT2D eigenvalue weighted by atomic mass is 10.0. The molecule has 0 saturated heterocycles. The molecule has 2 heterocycles. The van der Waals surface area contributed by atoms with Crippen molar-refractivity contribution in [2.75, 3.05) is 13.2 Å². The molecule has 0 atom stereocenters. The number of ether oxygens (including phenoxy) is 1. The van der Waals surface area contributed by atoms with Gasteiger partial charge in [0.1, 0.15) is 5.69 Å². The van der Waals surface area contributed by atoms with E-state index in [-0.39, 0.29) is 12.3 Å². The van der Waals surface area contributed by atoms with Gasteiger partial charge in [0.15, 0.2) is 5.69 Å². The molecule has 7 heteroatoms. The molecule has 27 heavy (non-hydrogen) atoms. The second-order valence-electron chi connectivity index (χ2n) is 6.36. The summed E-state index contributed by atoms with van der Waals surface area (Å²) in [6.07, 6.45) is 0.916. The van der Waals surface area contributed by atoms with Crippen LogP contribution in [0.2, 0.25) is 5.02 Å². The van der Waals surface area contributed by atoms with Gasteiger partial charge >= 0.3 is 5.97 Å². The molecule has 4 rings (SSSR count). The van der Waals surface area contributed by atoms with Crippen LogP contribution in [0.4, 0.5) is 5.69 Å². The predicted molar refractivity (Wildman–Crippen MR) is 104 cm³/mol. The normalized spacial score (nSPS) is 13.9. The number of nitrogens with zero attached hydrogens (tertiary/aromatic N) is 3. The number of halogens is 1. The largest absolute Gasteiger partial charge is 0.461 e. The van der Waals surface area contributed by atoms with Crippen molar-refractivity contribution in [3.8, 4) is 0 Å². The highest BCUT2D eigenvalue weighted by atomic mass is 35.5. The summed E-state index contributed by atoms with van der Waals surface area (Å²) in [5, 5.41) is 12.0. The Morgan fingerprint density at radius 3 is 2.89 bits per heavy atom. The van der Waals surface area contributed by atoms with Crippen molar-refractivity contribution in [1.82, 2.24) is 9.99 Å².